The molecular weight excluding hydrogens is 424 g/mol. The fourth-order valence-electron chi connectivity index (χ4n) is 4.40. The van der Waals surface area contributed by atoms with Gasteiger partial charge in [0.1, 0.15) is 0 Å². The Morgan fingerprint density at radius 2 is 1.59 bits per heavy atom. The van der Waals surface area contributed by atoms with Gasteiger partial charge in [-0.05, 0) is 39.0 Å². The number of nitrogens with one attached hydrogen (secondary N) is 1. The Balaban J connectivity index is 1.50. The third-order valence-corrected chi connectivity index (χ3v) is 6.15. The fraction of sp³-hybridized carbons (Fsp3) is 0.185. The summed E-state index contributed by atoms with van der Waals surface area (Å²) in [5.41, 5.74) is 7.63. The minimum Gasteiger partial charge on any atom is -0.348 e. The summed E-state index contributed by atoms with van der Waals surface area (Å²) in [6, 6.07) is 21.7. The number of hydrogen-bond donors (Lipinski definition) is 1. The summed E-state index contributed by atoms with van der Waals surface area (Å²) in [7, 11) is 1.85. The summed E-state index contributed by atoms with van der Waals surface area (Å²) in [6.45, 7) is 6.28. The largest absolute Gasteiger partial charge is 0.348 e. The molecule has 0 saturated carbocycles. The van der Waals surface area contributed by atoms with E-state index in [2.05, 4.69) is 10.4 Å². The smallest absolute Gasteiger partial charge is 0.252 e. The van der Waals surface area contributed by atoms with Gasteiger partial charge in [0.15, 0.2) is 5.65 Å². The standard InChI is InChI=1S/C27H26N6O/c1-17-23(19(3)33(31-17)21-13-9-6-10-14-21)16-28-27(34)22-15-24(20-11-7-5-8-12-20)29-26-25(22)18(2)30-32(26)4/h5-15H,16H2,1-4H3,(H,28,34). The maximum Gasteiger partial charge on any atom is 0.252 e. The molecule has 0 fully saturated rings. The lowest BCUT2D eigenvalue weighted by Gasteiger charge is -2.10. The number of rotatable bonds is 5. The van der Waals surface area contributed by atoms with Gasteiger partial charge in [0.05, 0.1) is 33.7 Å². The molecule has 0 radical (unpaired) electrons. The molecule has 2 aromatic carbocycles. The van der Waals surface area contributed by atoms with Crippen molar-refractivity contribution in [3.63, 3.8) is 0 Å². The van der Waals surface area contributed by atoms with E-state index in [0.29, 0.717) is 17.8 Å². The number of pyridine rings is 1. The van der Waals surface area contributed by atoms with Crippen molar-refractivity contribution in [2.24, 2.45) is 7.05 Å². The van der Waals surface area contributed by atoms with E-state index in [9.17, 15) is 4.79 Å². The highest BCUT2D eigenvalue weighted by Gasteiger charge is 2.20. The summed E-state index contributed by atoms with van der Waals surface area (Å²) in [4.78, 5) is 18.3. The van der Waals surface area contributed by atoms with Crippen LogP contribution in [0.3, 0.4) is 0 Å². The Bertz CT molecular complexity index is 1500. The zero-order valence-corrected chi connectivity index (χ0v) is 19.7. The Morgan fingerprint density at radius 1 is 0.912 bits per heavy atom. The van der Waals surface area contributed by atoms with Gasteiger partial charge in [0.25, 0.3) is 5.91 Å². The van der Waals surface area contributed by atoms with Gasteiger partial charge < -0.3 is 5.32 Å². The van der Waals surface area contributed by atoms with E-state index in [1.54, 1.807) is 4.68 Å². The Morgan fingerprint density at radius 3 is 2.29 bits per heavy atom. The van der Waals surface area contributed by atoms with Crippen molar-refractivity contribution in [1.82, 2.24) is 29.9 Å². The first-order valence-corrected chi connectivity index (χ1v) is 11.2. The molecule has 7 heteroatoms. The number of para-hydroxylation sites is 1. The van der Waals surface area contributed by atoms with Crippen LogP contribution in [-0.2, 0) is 13.6 Å². The average molecular weight is 451 g/mol. The van der Waals surface area contributed by atoms with Crippen molar-refractivity contribution in [2.75, 3.05) is 0 Å². The van der Waals surface area contributed by atoms with Gasteiger partial charge in [0, 0.05) is 30.4 Å². The Labute approximate surface area is 198 Å². The molecule has 0 saturated heterocycles. The van der Waals surface area contributed by atoms with Crippen LogP contribution in [0.25, 0.3) is 28.0 Å². The summed E-state index contributed by atoms with van der Waals surface area (Å²) >= 11 is 0. The van der Waals surface area contributed by atoms with Crippen LogP contribution in [0.1, 0.15) is 33.0 Å². The molecule has 3 heterocycles. The maximum atomic E-state index is 13.5. The first-order valence-electron chi connectivity index (χ1n) is 11.2. The Kier molecular flexibility index (Phi) is 5.45. The number of benzene rings is 2. The van der Waals surface area contributed by atoms with Crippen LogP contribution in [0.5, 0.6) is 0 Å². The van der Waals surface area contributed by atoms with E-state index in [1.807, 2.05) is 99.2 Å². The van der Waals surface area contributed by atoms with Crippen molar-refractivity contribution in [3.05, 3.63) is 94.9 Å². The number of fused-ring (bicyclic) bond motifs is 1. The molecule has 0 unspecified atom stereocenters. The molecule has 0 aliphatic heterocycles. The van der Waals surface area contributed by atoms with Crippen LogP contribution in [0.2, 0.25) is 0 Å². The topological polar surface area (TPSA) is 77.6 Å². The molecule has 0 aliphatic rings. The summed E-state index contributed by atoms with van der Waals surface area (Å²) in [5, 5.41) is 13.1. The highest BCUT2D eigenvalue weighted by Crippen LogP contribution is 2.27. The van der Waals surface area contributed by atoms with Crippen LogP contribution in [0.4, 0.5) is 0 Å². The predicted molar refractivity (Wildman–Crippen MR) is 133 cm³/mol. The number of aromatic nitrogens is 5. The van der Waals surface area contributed by atoms with Crippen LogP contribution in [0.15, 0.2) is 66.7 Å². The molecular formula is C27H26N6O. The van der Waals surface area contributed by atoms with E-state index in [1.165, 1.54) is 0 Å². The molecule has 5 rings (SSSR count). The predicted octanol–water partition coefficient (Wildman–Crippen LogP) is 4.68. The number of carbonyl (C=O) groups excluding carboxylic acids is 1. The zero-order valence-electron chi connectivity index (χ0n) is 19.7. The van der Waals surface area contributed by atoms with E-state index < -0.39 is 0 Å². The van der Waals surface area contributed by atoms with Crippen molar-refractivity contribution in [2.45, 2.75) is 27.3 Å². The molecule has 170 valence electrons. The van der Waals surface area contributed by atoms with Gasteiger partial charge >= 0.3 is 0 Å². The average Bonchev–Trinajstić information content (AvgIpc) is 3.31. The van der Waals surface area contributed by atoms with Crippen LogP contribution in [-0.4, -0.2) is 30.5 Å². The second-order valence-corrected chi connectivity index (χ2v) is 8.41. The lowest BCUT2D eigenvalue weighted by atomic mass is 10.0. The van der Waals surface area contributed by atoms with Crippen molar-refractivity contribution >= 4 is 16.9 Å². The van der Waals surface area contributed by atoms with Crippen molar-refractivity contribution in [1.29, 1.82) is 0 Å². The minimum absolute atomic E-state index is 0.160. The van der Waals surface area contributed by atoms with Gasteiger partial charge in [-0.3, -0.25) is 9.48 Å². The lowest BCUT2D eigenvalue weighted by Crippen LogP contribution is -2.24. The molecule has 1 amide bonds. The number of hydrogen-bond acceptors (Lipinski definition) is 4. The highest BCUT2D eigenvalue weighted by molar-refractivity contribution is 6.07. The fourth-order valence-corrected chi connectivity index (χ4v) is 4.40. The summed E-state index contributed by atoms with van der Waals surface area (Å²) < 4.78 is 3.65. The third kappa shape index (κ3) is 3.75. The van der Waals surface area contributed by atoms with Crippen molar-refractivity contribution in [3.8, 4) is 16.9 Å². The number of amides is 1. The molecule has 0 atom stereocenters. The van der Waals surface area contributed by atoms with E-state index in [0.717, 1.165) is 45.0 Å². The molecule has 0 spiro atoms. The van der Waals surface area contributed by atoms with Gasteiger partial charge in [-0.2, -0.15) is 10.2 Å². The lowest BCUT2D eigenvalue weighted by molar-refractivity contribution is 0.0952. The molecule has 1 N–H and O–H groups in total. The summed E-state index contributed by atoms with van der Waals surface area (Å²) in [5.74, 6) is -0.160. The number of carbonyl (C=O) groups is 1. The zero-order chi connectivity index (χ0) is 23.8. The normalized spacial score (nSPS) is 11.2. The number of aryl methyl sites for hydroxylation is 3. The van der Waals surface area contributed by atoms with Crippen LogP contribution in [0, 0.1) is 20.8 Å². The molecule has 34 heavy (non-hydrogen) atoms. The molecule has 0 aliphatic carbocycles. The molecule has 3 aromatic heterocycles. The quantitative estimate of drug-likeness (QED) is 0.422. The van der Waals surface area contributed by atoms with Crippen molar-refractivity contribution < 1.29 is 4.79 Å². The Hall–Kier alpha value is -4.26. The van der Waals surface area contributed by atoms with Gasteiger partial charge in [0.2, 0.25) is 0 Å². The SMILES string of the molecule is Cc1nn(-c2ccccc2)c(C)c1CNC(=O)c1cc(-c2ccccc2)nc2c1c(C)nn2C. The highest BCUT2D eigenvalue weighted by atomic mass is 16.1. The first-order chi connectivity index (χ1) is 16.4. The second-order valence-electron chi connectivity index (χ2n) is 8.41. The maximum absolute atomic E-state index is 13.5. The second kappa shape index (κ2) is 8.59. The minimum atomic E-state index is -0.160. The first kappa shape index (κ1) is 21.6. The van der Waals surface area contributed by atoms with E-state index in [-0.39, 0.29) is 5.91 Å². The van der Waals surface area contributed by atoms with E-state index in [4.69, 9.17) is 10.1 Å². The van der Waals surface area contributed by atoms with Gasteiger partial charge in [-0.25, -0.2) is 9.67 Å². The number of nitrogens with zero attached hydrogens (tertiary/aromatic N) is 5. The molecule has 7 nitrogen and oxygen atoms in total. The van der Waals surface area contributed by atoms with Crippen LogP contribution >= 0.6 is 0 Å². The molecule has 5 aromatic rings. The molecule has 0 bridgehead atoms. The van der Waals surface area contributed by atoms with Gasteiger partial charge in [-0.1, -0.05) is 48.5 Å². The monoisotopic (exact) mass is 450 g/mol. The van der Waals surface area contributed by atoms with E-state index >= 15 is 0 Å². The third-order valence-electron chi connectivity index (χ3n) is 6.15. The van der Waals surface area contributed by atoms with Gasteiger partial charge in [-0.15, -0.1) is 0 Å². The van der Waals surface area contributed by atoms with Crippen LogP contribution < -0.4 is 5.32 Å². The summed E-state index contributed by atoms with van der Waals surface area (Å²) in [6.07, 6.45) is 0.